The second-order valence-corrected chi connectivity index (χ2v) is 5.36. The number of hydrogen-bond donors (Lipinski definition) is 1. The number of rotatable bonds is 6. The number of carboxylic acids is 1. The van der Waals surface area contributed by atoms with Gasteiger partial charge in [-0.05, 0) is 25.1 Å². The fourth-order valence-electron chi connectivity index (χ4n) is 1.62. The SMILES string of the molecule is Cc1ccc(SCCOc2cnccc2C(=O)O)cc1. The molecule has 0 spiro atoms. The highest BCUT2D eigenvalue weighted by atomic mass is 32.2. The molecule has 0 aliphatic carbocycles. The summed E-state index contributed by atoms with van der Waals surface area (Å²) in [5, 5.41) is 9.01. The first kappa shape index (κ1) is 14.4. The van der Waals surface area contributed by atoms with Crippen LogP contribution in [0.4, 0.5) is 0 Å². The standard InChI is InChI=1S/C15H15NO3S/c1-11-2-4-12(5-3-11)20-9-8-19-14-10-16-7-6-13(14)15(17)18/h2-7,10H,8-9H2,1H3,(H,17,18). The van der Waals surface area contributed by atoms with Crippen LogP contribution in [0.1, 0.15) is 15.9 Å². The third kappa shape index (κ3) is 3.99. The van der Waals surface area contributed by atoms with E-state index in [9.17, 15) is 4.79 Å². The number of aryl methyl sites for hydroxylation is 1. The van der Waals surface area contributed by atoms with E-state index in [1.54, 1.807) is 11.8 Å². The highest BCUT2D eigenvalue weighted by Gasteiger charge is 2.10. The molecule has 4 nitrogen and oxygen atoms in total. The lowest BCUT2D eigenvalue weighted by Crippen LogP contribution is -2.06. The molecule has 20 heavy (non-hydrogen) atoms. The average Bonchev–Trinajstić information content (AvgIpc) is 2.46. The van der Waals surface area contributed by atoms with E-state index in [-0.39, 0.29) is 5.56 Å². The number of hydrogen-bond acceptors (Lipinski definition) is 4. The molecule has 1 N–H and O–H groups in total. The maximum atomic E-state index is 11.0. The van der Waals surface area contributed by atoms with Crippen LogP contribution in [-0.4, -0.2) is 28.4 Å². The molecule has 0 aliphatic rings. The Morgan fingerprint density at radius 2 is 2.05 bits per heavy atom. The van der Waals surface area contributed by atoms with Crippen LogP contribution in [0.25, 0.3) is 0 Å². The molecule has 2 aromatic rings. The Balaban J connectivity index is 1.84. The van der Waals surface area contributed by atoms with E-state index in [1.807, 2.05) is 6.92 Å². The molecular formula is C15H15NO3S. The van der Waals surface area contributed by atoms with Gasteiger partial charge in [0.15, 0.2) is 5.75 Å². The number of carboxylic acid groups (broad SMARTS) is 1. The van der Waals surface area contributed by atoms with Crippen molar-refractivity contribution in [2.75, 3.05) is 12.4 Å². The Morgan fingerprint density at radius 1 is 1.30 bits per heavy atom. The van der Waals surface area contributed by atoms with E-state index in [4.69, 9.17) is 9.84 Å². The van der Waals surface area contributed by atoms with Crippen molar-refractivity contribution in [3.05, 3.63) is 53.9 Å². The summed E-state index contributed by atoms with van der Waals surface area (Å²) in [5.74, 6) is 0.0508. The molecule has 0 amide bonds. The quantitative estimate of drug-likeness (QED) is 0.653. The zero-order valence-electron chi connectivity index (χ0n) is 11.1. The Labute approximate surface area is 121 Å². The summed E-state index contributed by atoms with van der Waals surface area (Å²) in [4.78, 5) is 16.0. The molecule has 0 fully saturated rings. The number of carbonyl (C=O) groups is 1. The van der Waals surface area contributed by atoms with Crippen LogP contribution in [0.5, 0.6) is 5.75 Å². The van der Waals surface area contributed by atoms with Crippen molar-refractivity contribution in [3.63, 3.8) is 0 Å². The number of aromatic carboxylic acids is 1. The van der Waals surface area contributed by atoms with Gasteiger partial charge in [-0.15, -0.1) is 11.8 Å². The molecule has 0 atom stereocenters. The predicted molar refractivity (Wildman–Crippen MR) is 78.6 cm³/mol. The second-order valence-electron chi connectivity index (χ2n) is 4.19. The van der Waals surface area contributed by atoms with Gasteiger partial charge in [-0.1, -0.05) is 17.7 Å². The van der Waals surface area contributed by atoms with Gasteiger partial charge < -0.3 is 9.84 Å². The molecule has 5 heteroatoms. The van der Waals surface area contributed by atoms with E-state index in [1.165, 1.54) is 28.9 Å². The molecule has 1 aromatic carbocycles. The number of benzene rings is 1. The Hall–Kier alpha value is -2.01. The van der Waals surface area contributed by atoms with Gasteiger partial charge >= 0.3 is 5.97 Å². The highest BCUT2D eigenvalue weighted by molar-refractivity contribution is 7.99. The number of nitrogens with zero attached hydrogens (tertiary/aromatic N) is 1. The minimum atomic E-state index is -1.01. The predicted octanol–water partition coefficient (Wildman–Crippen LogP) is 3.26. The Kier molecular flexibility index (Phi) is 5.01. The first-order valence-electron chi connectivity index (χ1n) is 6.16. The fourth-order valence-corrected chi connectivity index (χ4v) is 2.35. The fraction of sp³-hybridized carbons (Fsp3) is 0.200. The van der Waals surface area contributed by atoms with Crippen LogP contribution >= 0.6 is 11.8 Å². The summed E-state index contributed by atoms with van der Waals surface area (Å²) in [5.41, 5.74) is 1.37. The molecule has 104 valence electrons. The van der Waals surface area contributed by atoms with Gasteiger partial charge in [0, 0.05) is 16.8 Å². The summed E-state index contributed by atoms with van der Waals surface area (Å²) in [6, 6.07) is 9.68. The van der Waals surface area contributed by atoms with Crippen LogP contribution in [0, 0.1) is 6.92 Å². The molecule has 0 saturated carbocycles. The molecular weight excluding hydrogens is 274 g/mol. The maximum Gasteiger partial charge on any atom is 0.339 e. The van der Waals surface area contributed by atoms with Gasteiger partial charge in [-0.2, -0.15) is 0 Å². The molecule has 2 rings (SSSR count). The summed E-state index contributed by atoms with van der Waals surface area (Å²) < 4.78 is 5.48. The highest BCUT2D eigenvalue weighted by Crippen LogP contribution is 2.20. The topological polar surface area (TPSA) is 59.4 Å². The first-order valence-corrected chi connectivity index (χ1v) is 7.15. The molecule has 0 saturated heterocycles. The third-order valence-electron chi connectivity index (χ3n) is 2.65. The van der Waals surface area contributed by atoms with E-state index >= 15 is 0 Å². The monoisotopic (exact) mass is 289 g/mol. The summed E-state index contributed by atoms with van der Waals surface area (Å²) in [6.07, 6.45) is 2.87. The normalized spacial score (nSPS) is 10.2. The third-order valence-corrected chi connectivity index (χ3v) is 3.62. The first-order chi connectivity index (χ1) is 9.66. The van der Waals surface area contributed by atoms with Crippen LogP contribution in [-0.2, 0) is 0 Å². The summed E-state index contributed by atoms with van der Waals surface area (Å²) in [6.45, 7) is 2.48. The maximum absolute atomic E-state index is 11.0. The number of ether oxygens (including phenoxy) is 1. The average molecular weight is 289 g/mol. The number of thioether (sulfide) groups is 1. The van der Waals surface area contributed by atoms with Crippen molar-refractivity contribution in [1.29, 1.82) is 0 Å². The van der Waals surface area contributed by atoms with E-state index < -0.39 is 5.97 Å². The molecule has 0 radical (unpaired) electrons. The summed E-state index contributed by atoms with van der Waals surface area (Å²) in [7, 11) is 0. The Bertz CT molecular complexity index is 584. The zero-order valence-corrected chi connectivity index (χ0v) is 11.9. The van der Waals surface area contributed by atoms with E-state index in [2.05, 4.69) is 29.2 Å². The van der Waals surface area contributed by atoms with Crippen LogP contribution < -0.4 is 4.74 Å². The van der Waals surface area contributed by atoms with Gasteiger partial charge in [0.25, 0.3) is 0 Å². The summed E-state index contributed by atoms with van der Waals surface area (Å²) >= 11 is 1.67. The molecule has 0 aliphatic heterocycles. The van der Waals surface area contributed by atoms with E-state index in [0.29, 0.717) is 12.4 Å². The van der Waals surface area contributed by atoms with Crippen LogP contribution in [0.15, 0.2) is 47.6 Å². The van der Waals surface area contributed by atoms with Crippen molar-refractivity contribution >= 4 is 17.7 Å². The zero-order chi connectivity index (χ0) is 14.4. The van der Waals surface area contributed by atoms with Gasteiger partial charge in [-0.3, -0.25) is 4.98 Å². The minimum absolute atomic E-state index is 0.139. The van der Waals surface area contributed by atoms with Crippen LogP contribution in [0.3, 0.4) is 0 Å². The van der Waals surface area contributed by atoms with Gasteiger partial charge in [0.05, 0.1) is 12.8 Å². The van der Waals surface area contributed by atoms with Crippen LogP contribution in [0.2, 0.25) is 0 Å². The lowest BCUT2D eigenvalue weighted by molar-refractivity contribution is 0.0692. The molecule has 0 unspecified atom stereocenters. The van der Waals surface area contributed by atoms with Gasteiger partial charge in [0.2, 0.25) is 0 Å². The van der Waals surface area contributed by atoms with Crippen molar-refractivity contribution in [2.45, 2.75) is 11.8 Å². The molecule has 0 bridgehead atoms. The molecule has 1 aromatic heterocycles. The Morgan fingerprint density at radius 3 is 2.75 bits per heavy atom. The minimum Gasteiger partial charge on any atom is -0.490 e. The number of aromatic nitrogens is 1. The second kappa shape index (κ2) is 6.96. The van der Waals surface area contributed by atoms with Crippen molar-refractivity contribution in [3.8, 4) is 5.75 Å². The van der Waals surface area contributed by atoms with Crippen molar-refractivity contribution in [2.24, 2.45) is 0 Å². The van der Waals surface area contributed by atoms with Crippen molar-refractivity contribution in [1.82, 2.24) is 4.98 Å². The number of pyridine rings is 1. The van der Waals surface area contributed by atoms with Gasteiger partial charge in [-0.25, -0.2) is 4.79 Å². The largest absolute Gasteiger partial charge is 0.490 e. The lowest BCUT2D eigenvalue weighted by atomic mass is 10.2. The van der Waals surface area contributed by atoms with Gasteiger partial charge in [0.1, 0.15) is 5.56 Å². The van der Waals surface area contributed by atoms with Crippen molar-refractivity contribution < 1.29 is 14.6 Å². The smallest absolute Gasteiger partial charge is 0.339 e. The van der Waals surface area contributed by atoms with E-state index in [0.717, 1.165) is 5.75 Å². The molecule has 1 heterocycles. The lowest BCUT2D eigenvalue weighted by Gasteiger charge is -2.08.